The van der Waals surface area contributed by atoms with E-state index in [0.717, 1.165) is 11.3 Å². The van der Waals surface area contributed by atoms with Gasteiger partial charge in [0.25, 0.3) is 0 Å². The standard InChI is InChI=1S/C13H15N3O2/c1-2-6-15(10-13(17)18)8-11-9-16-7-4-3-5-12(16)14-11/h2-5,7,9H,1,6,8,10H2,(H,17,18). The predicted octanol–water partition coefficient (Wildman–Crippen LogP) is 1.41. The van der Waals surface area contributed by atoms with Crippen molar-refractivity contribution in [1.82, 2.24) is 14.3 Å². The lowest BCUT2D eigenvalue weighted by molar-refractivity contribution is -0.138. The Balaban J connectivity index is 2.14. The third-order valence-corrected chi connectivity index (χ3v) is 2.55. The van der Waals surface area contributed by atoms with E-state index in [1.807, 2.05) is 35.0 Å². The van der Waals surface area contributed by atoms with Crippen LogP contribution in [0.1, 0.15) is 5.69 Å². The molecule has 5 heteroatoms. The molecule has 0 aliphatic carbocycles. The van der Waals surface area contributed by atoms with Gasteiger partial charge in [-0.15, -0.1) is 6.58 Å². The molecular weight excluding hydrogens is 230 g/mol. The minimum Gasteiger partial charge on any atom is -0.480 e. The molecule has 0 saturated carbocycles. The van der Waals surface area contributed by atoms with Gasteiger partial charge in [-0.1, -0.05) is 12.1 Å². The van der Waals surface area contributed by atoms with Crippen LogP contribution in [0.25, 0.3) is 5.65 Å². The lowest BCUT2D eigenvalue weighted by atomic mass is 10.4. The normalized spacial score (nSPS) is 10.9. The van der Waals surface area contributed by atoms with E-state index in [-0.39, 0.29) is 6.54 Å². The van der Waals surface area contributed by atoms with Crippen LogP contribution in [0.2, 0.25) is 0 Å². The van der Waals surface area contributed by atoms with Crippen molar-refractivity contribution in [2.75, 3.05) is 13.1 Å². The number of carboxylic acid groups (broad SMARTS) is 1. The fourth-order valence-electron chi connectivity index (χ4n) is 1.85. The molecule has 0 unspecified atom stereocenters. The average Bonchev–Trinajstić information content (AvgIpc) is 2.70. The first-order valence-electron chi connectivity index (χ1n) is 5.66. The topological polar surface area (TPSA) is 57.8 Å². The fourth-order valence-corrected chi connectivity index (χ4v) is 1.85. The molecule has 0 bridgehead atoms. The van der Waals surface area contributed by atoms with Crippen molar-refractivity contribution < 1.29 is 9.90 Å². The quantitative estimate of drug-likeness (QED) is 0.782. The Kier molecular flexibility index (Phi) is 3.74. The summed E-state index contributed by atoms with van der Waals surface area (Å²) in [5.74, 6) is -0.847. The van der Waals surface area contributed by atoms with E-state index in [9.17, 15) is 4.79 Å². The van der Waals surface area contributed by atoms with Crippen LogP contribution in [0.3, 0.4) is 0 Å². The summed E-state index contributed by atoms with van der Waals surface area (Å²) in [5.41, 5.74) is 1.71. The number of aliphatic carboxylic acids is 1. The summed E-state index contributed by atoms with van der Waals surface area (Å²) >= 11 is 0. The van der Waals surface area contributed by atoms with Crippen LogP contribution in [0.4, 0.5) is 0 Å². The second kappa shape index (κ2) is 5.46. The molecule has 2 aromatic rings. The number of imidazole rings is 1. The summed E-state index contributed by atoms with van der Waals surface area (Å²) in [6.07, 6.45) is 5.52. The third kappa shape index (κ3) is 2.95. The van der Waals surface area contributed by atoms with E-state index in [0.29, 0.717) is 13.1 Å². The number of rotatable bonds is 6. The zero-order valence-electron chi connectivity index (χ0n) is 9.99. The highest BCUT2D eigenvalue weighted by molar-refractivity contribution is 5.69. The third-order valence-electron chi connectivity index (χ3n) is 2.55. The van der Waals surface area contributed by atoms with Gasteiger partial charge >= 0.3 is 5.97 Å². The number of fused-ring (bicyclic) bond motifs is 1. The molecule has 5 nitrogen and oxygen atoms in total. The van der Waals surface area contributed by atoms with Crippen molar-refractivity contribution in [3.05, 3.63) is 48.9 Å². The molecule has 0 aliphatic rings. The van der Waals surface area contributed by atoms with Crippen LogP contribution in [-0.2, 0) is 11.3 Å². The monoisotopic (exact) mass is 245 g/mol. The highest BCUT2D eigenvalue weighted by Crippen LogP contribution is 2.07. The summed E-state index contributed by atoms with van der Waals surface area (Å²) in [6.45, 7) is 4.65. The Morgan fingerprint density at radius 2 is 2.39 bits per heavy atom. The van der Waals surface area contributed by atoms with Gasteiger partial charge in [-0.25, -0.2) is 4.98 Å². The molecule has 0 radical (unpaired) electrons. The molecule has 94 valence electrons. The van der Waals surface area contributed by atoms with Gasteiger partial charge in [0.2, 0.25) is 0 Å². The Hall–Kier alpha value is -2.14. The van der Waals surface area contributed by atoms with Crippen molar-refractivity contribution >= 4 is 11.6 Å². The second-order valence-corrected chi connectivity index (χ2v) is 4.05. The maximum atomic E-state index is 10.7. The van der Waals surface area contributed by atoms with E-state index >= 15 is 0 Å². The van der Waals surface area contributed by atoms with Crippen LogP contribution in [-0.4, -0.2) is 38.4 Å². The summed E-state index contributed by atoms with van der Waals surface area (Å²) in [4.78, 5) is 17.0. The first-order valence-corrected chi connectivity index (χ1v) is 5.66. The van der Waals surface area contributed by atoms with Gasteiger partial charge in [-0.2, -0.15) is 0 Å². The van der Waals surface area contributed by atoms with Crippen molar-refractivity contribution in [2.24, 2.45) is 0 Å². The van der Waals surface area contributed by atoms with Crippen LogP contribution in [0.15, 0.2) is 43.2 Å². The predicted molar refractivity (Wildman–Crippen MR) is 68.3 cm³/mol. The number of carboxylic acids is 1. The van der Waals surface area contributed by atoms with Gasteiger partial charge in [0.15, 0.2) is 0 Å². The maximum absolute atomic E-state index is 10.7. The van der Waals surface area contributed by atoms with E-state index < -0.39 is 5.97 Å². The minimum atomic E-state index is -0.847. The molecule has 2 heterocycles. The number of hydrogen-bond donors (Lipinski definition) is 1. The van der Waals surface area contributed by atoms with Crippen molar-refractivity contribution in [2.45, 2.75) is 6.54 Å². The molecule has 2 aromatic heterocycles. The number of aromatic nitrogens is 2. The second-order valence-electron chi connectivity index (χ2n) is 4.05. The van der Waals surface area contributed by atoms with Gasteiger partial charge < -0.3 is 9.51 Å². The number of carbonyl (C=O) groups is 1. The number of pyridine rings is 1. The number of hydrogen-bond acceptors (Lipinski definition) is 3. The van der Waals surface area contributed by atoms with Crippen molar-refractivity contribution in [3.63, 3.8) is 0 Å². The van der Waals surface area contributed by atoms with Crippen LogP contribution < -0.4 is 0 Å². The first kappa shape index (κ1) is 12.3. The molecule has 2 rings (SSSR count). The molecule has 0 spiro atoms. The van der Waals surface area contributed by atoms with Crippen LogP contribution in [0, 0.1) is 0 Å². The van der Waals surface area contributed by atoms with E-state index in [2.05, 4.69) is 11.6 Å². The molecule has 0 saturated heterocycles. The molecule has 0 fully saturated rings. The highest BCUT2D eigenvalue weighted by atomic mass is 16.4. The molecule has 1 N–H and O–H groups in total. The Morgan fingerprint density at radius 1 is 1.56 bits per heavy atom. The fraction of sp³-hybridized carbons (Fsp3) is 0.231. The van der Waals surface area contributed by atoms with Crippen LogP contribution >= 0.6 is 0 Å². The van der Waals surface area contributed by atoms with Gasteiger partial charge in [-0.3, -0.25) is 9.69 Å². The molecular formula is C13H15N3O2. The van der Waals surface area contributed by atoms with Crippen molar-refractivity contribution in [3.8, 4) is 0 Å². The molecule has 18 heavy (non-hydrogen) atoms. The lowest BCUT2D eigenvalue weighted by Crippen LogP contribution is -2.29. The Morgan fingerprint density at radius 3 is 3.06 bits per heavy atom. The van der Waals surface area contributed by atoms with E-state index in [4.69, 9.17) is 5.11 Å². The molecule has 0 aliphatic heterocycles. The maximum Gasteiger partial charge on any atom is 0.317 e. The van der Waals surface area contributed by atoms with Crippen molar-refractivity contribution in [1.29, 1.82) is 0 Å². The first-order chi connectivity index (χ1) is 8.69. The van der Waals surface area contributed by atoms with E-state index in [1.54, 1.807) is 11.0 Å². The van der Waals surface area contributed by atoms with Gasteiger partial charge in [0.1, 0.15) is 5.65 Å². The van der Waals surface area contributed by atoms with E-state index in [1.165, 1.54) is 0 Å². The van der Waals surface area contributed by atoms with Gasteiger partial charge in [-0.05, 0) is 12.1 Å². The summed E-state index contributed by atoms with van der Waals surface area (Å²) in [7, 11) is 0. The largest absolute Gasteiger partial charge is 0.480 e. The van der Waals surface area contributed by atoms with Gasteiger partial charge in [0, 0.05) is 25.5 Å². The summed E-state index contributed by atoms with van der Waals surface area (Å²) in [5, 5.41) is 8.83. The molecule has 0 aromatic carbocycles. The Bertz CT molecular complexity index is 529. The minimum absolute atomic E-state index is 0.0140. The highest BCUT2D eigenvalue weighted by Gasteiger charge is 2.10. The lowest BCUT2D eigenvalue weighted by Gasteiger charge is -2.16. The average molecular weight is 245 g/mol. The Labute approximate surface area is 105 Å². The summed E-state index contributed by atoms with van der Waals surface area (Å²) in [6, 6.07) is 5.76. The smallest absolute Gasteiger partial charge is 0.317 e. The van der Waals surface area contributed by atoms with Gasteiger partial charge in [0.05, 0.1) is 12.2 Å². The molecule has 0 amide bonds. The number of nitrogens with zero attached hydrogens (tertiary/aromatic N) is 3. The SMILES string of the molecule is C=CCN(CC(=O)O)Cc1cn2ccccc2n1. The molecule has 0 atom stereocenters. The zero-order chi connectivity index (χ0) is 13.0. The zero-order valence-corrected chi connectivity index (χ0v) is 9.99. The van der Waals surface area contributed by atoms with Crippen LogP contribution in [0.5, 0.6) is 0 Å². The summed E-state index contributed by atoms with van der Waals surface area (Å²) < 4.78 is 1.92.